The molecule has 0 spiro atoms. The molecule has 1 fully saturated rings. The summed E-state index contributed by atoms with van der Waals surface area (Å²) < 4.78 is 0. The van der Waals surface area contributed by atoms with E-state index in [9.17, 15) is 0 Å². The van der Waals surface area contributed by atoms with Gasteiger partial charge in [-0.05, 0) is 24.8 Å². The molecule has 1 aliphatic rings. The van der Waals surface area contributed by atoms with Crippen molar-refractivity contribution in [1.29, 1.82) is 0 Å². The van der Waals surface area contributed by atoms with E-state index in [-0.39, 0.29) is 0 Å². The summed E-state index contributed by atoms with van der Waals surface area (Å²) in [7, 11) is 0. The summed E-state index contributed by atoms with van der Waals surface area (Å²) >= 11 is 1.87. The monoisotopic (exact) mass is 251 g/mol. The Morgan fingerprint density at radius 3 is 2.94 bits per heavy atom. The first kappa shape index (κ1) is 12.8. The van der Waals surface area contributed by atoms with Crippen molar-refractivity contribution in [3.05, 3.63) is 18.6 Å². The highest BCUT2D eigenvalue weighted by Gasteiger charge is 2.41. The van der Waals surface area contributed by atoms with Crippen LogP contribution in [0.2, 0.25) is 0 Å². The summed E-state index contributed by atoms with van der Waals surface area (Å²) in [5.74, 6) is 0. The summed E-state index contributed by atoms with van der Waals surface area (Å²) in [5.41, 5.74) is 0.385. The van der Waals surface area contributed by atoms with Gasteiger partial charge in [0, 0.05) is 23.7 Å². The van der Waals surface area contributed by atoms with Gasteiger partial charge in [-0.2, -0.15) is 0 Å². The van der Waals surface area contributed by atoms with E-state index in [4.69, 9.17) is 0 Å². The lowest BCUT2D eigenvalue weighted by molar-refractivity contribution is 0.290. The number of nitrogens with zero attached hydrogens (tertiary/aromatic N) is 2. The molecule has 1 aromatic rings. The second-order valence-corrected chi connectivity index (χ2v) is 6.52. The SMILES string of the molecule is CCNC1C(Sc2cnccn2)CCC1(C)C. The summed E-state index contributed by atoms with van der Waals surface area (Å²) in [6, 6.07) is 0.569. The molecule has 0 aromatic carbocycles. The normalized spacial score (nSPS) is 27.2. The Kier molecular flexibility index (Phi) is 4.05. The average Bonchev–Trinajstić information content (AvgIpc) is 2.58. The predicted molar refractivity (Wildman–Crippen MR) is 72.2 cm³/mol. The van der Waals surface area contributed by atoms with Crippen LogP contribution in [0.25, 0.3) is 0 Å². The maximum Gasteiger partial charge on any atom is 0.115 e. The van der Waals surface area contributed by atoms with E-state index >= 15 is 0 Å². The highest BCUT2D eigenvalue weighted by atomic mass is 32.2. The van der Waals surface area contributed by atoms with Crippen molar-refractivity contribution in [2.75, 3.05) is 6.54 Å². The zero-order chi connectivity index (χ0) is 12.3. The van der Waals surface area contributed by atoms with Crippen molar-refractivity contribution in [2.45, 2.75) is 49.9 Å². The van der Waals surface area contributed by atoms with E-state index in [0.717, 1.165) is 11.6 Å². The molecule has 1 N–H and O–H groups in total. The third-order valence-corrected chi connectivity index (χ3v) is 4.79. The predicted octanol–water partition coefficient (Wildman–Crippen LogP) is 2.74. The largest absolute Gasteiger partial charge is 0.313 e. The Morgan fingerprint density at radius 1 is 1.47 bits per heavy atom. The molecule has 2 atom stereocenters. The van der Waals surface area contributed by atoms with Crippen molar-refractivity contribution in [1.82, 2.24) is 15.3 Å². The zero-order valence-corrected chi connectivity index (χ0v) is 11.6. The van der Waals surface area contributed by atoms with Gasteiger partial charge in [0.15, 0.2) is 0 Å². The minimum absolute atomic E-state index is 0.385. The van der Waals surface area contributed by atoms with Crippen LogP contribution >= 0.6 is 11.8 Å². The molecule has 1 heterocycles. The van der Waals surface area contributed by atoms with Crippen molar-refractivity contribution >= 4 is 11.8 Å². The van der Waals surface area contributed by atoms with Crippen LogP contribution in [0, 0.1) is 5.41 Å². The number of nitrogens with one attached hydrogen (secondary N) is 1. The lowest BCUT2D eigenvalue weighted by Gasteiger charge is -2.31. The maximum atomic E-state index is 4.36. The van der Waals surface area contributed by atoms with Gasteiger partial charge < -0.3 is 5.32 Å². The van der Waals surface area contributed by atoms with Gasteiger partial charge in [-0.3, -0.25) is 4.98 Å². The van der Waals surface area contributed by atoms with Crippen LogP contribution in [0.5, 0.6) is 0 Å². The van der Waals surface area contributed by atoms with E-state index in [1.807, 2.05) is 18.0 Å². The quantitative estimate of drug-likeness (QED) is 0.893. The second kappa shape index (κ2) is 5.36. The molecule has 0 bridgehead atoms. The van der Waals surface area contributed by atoms with Crippen molar-refractivity contribution in [2.24, 2.45) is 5.41 Å². The Balaban J connectivity index is 2.06. The van der Waals surface area contributed by atoms with Crippen LogP contribution in [0.4, 0.5) is 0 Å². The first-order valence-corrected chi connectivity index (χ1v) is 7.17. The molecule has 2 unspecified atom stereocenters. The van der Waals surface area contributed by atoms with E-state index in [2.05, 4.69) is 36.1 Å². The lowest BCUT2D eigenvalue weighted by atomic mass is 9.87. The number of rotatable bonds is 4. The van der Waals surface area contributed by atoms with Crippen LogP contribution in [-0.2, 0) is 0 Å². The van der Waals surface area contributed by atoms with Gasteiger partial charge in [0.2, 0.25) is 0 Å². The summed E-state index contributed by atoms with van der Waals surface area (Å²) in [6.07, 6.45) is 7.89. The van der Waals surface area contributed by atoms with Crippen LogP contribution < -0.4 is 5.32 Å². The van der Waals surface area contributed by atoms with Gasteiger partial charge in [0.05, 0.1) is 6.20 Å². The fraction of sp³-hybridized carbons (Fsp3) is 0.692. The maximum absolute atomic E-state index is 4.36. The molecule has 1 saturated carbocycles. The van der Waals surface area contributed by atoms with Crippen LogP contribution in [0.1, 0.15) is 33.6 Å². The molecule has 0 radical (unpaired) electrons. The summed E-state index contributed by atoms with van der Waals surface area (Å²) in [6.45, 7) is 7.93. The van der Waals surface area contributed by atoms with Crippen molar-refractivity contribution < 1.29 is 0 Å². The van der Waals surface area contributed by atoms with Gasteiger partial charge in [0.1, 0.15) is 5.03 Å². The van der Waals surface area contributed by atoms with Gasteiger partial charge in [-0.25, -0.2) is 4.98 Å². The summed E-state index contributed by atoms with van der Waals surface area (Å²) in [4.78, 5) is 8.49. The fourth-order valence-electron chi connectivity index (χ4n) is 2.60. The molecule has 1 aromatic heterocycles. The Hall–Kier alpha value is -0.610. The highest BCUT2D eigenvalue weighted by Crippen LogP contribution is 2.44. The van der Waals surface area contributed by atoms with Crippen LogP contribution in [0.3, 0.4) is 0 Å². The topological polar surface area (TPSA) is 37.8 Å². The molecule has 0 aliphatic heterocycles. The van der Waals surface area contributed by atoms with E-state index < -0.39 is 0 Å². The van der Waals surface area contributed by atoms with Crippen LogP contribution in [0.15, 0.2) is 23.6 Å². The molecular weight excluding hydrogens is 230 g/mol. The Bertz CT molecular complexity index is 353. The molecule has 0 saturated heterocycles. The fourth-order valence-corrected chi connectivity index (χ4v) is 3.99. The average molecular weight is 251 g/mol. The van der Waals surface area contributed by atoms with Crippen LogP contribution in [-0.4, -0.2) is 27.8 Å². The van der Waals surface area contributed by atoms with E-state index in [0.29, 0.717) is 16.7 Å². The number of hydrogen-bond donors (Lipinski definition) is 1. The standard InChI is InChI=1S/C13H21N3S/c1-4-15-12-10(5-6-13(12,2)3)17-11-9-14-7-8-16-11/h7-10,12,15H,4-6H2,1-3H3. The minimum Gasteiger partial charge on any atom is -0.313 e. The van der Waals surface area contributed by atoms with Gasteiger partial charge >= 0.3 is 0 Å². The lowest BCUT2D eigenvalue weighted by Crippen LogP contribution is -2.43. The van der Waals surface area contributed by atoms with Gasteiger partial charge in [0.25, 0.3) is 0 Å². The molecule has 94 valence electrons. The van der Waals surface area contributed by atoms with Gasteiger partial charge in [-0.15, -0.1) is 0 Å². The molecule has 17 heavy (non-hydrogen) atoms. The molecule has 1 aliphatic carbocycles. The molecule has 4 heteroatoms. The first-order chi connectivity index (χ1) is 8.13. The first-order valence-electron chi connectivity index (χ1n) is 6.29. The van der Waals surface area contributed by atoms with E-state index in [1.54, 1.807) is 12.4 Å². The minimum atomic E-state index is 0.385. The van der Waals surface area contributed by atoms with Crippen molar-refractivity contribution in [3.8, 4) is 0 Å². The van der Waals surface area contributed by atoms with E-state index in [1.165, 1.54) is 12.8 Å². The molecule has 3 nitrogen and oxygen atoms in total. The second-order valence-electron chi connectivity index (χ2n) is 5.26. The molecule has 0 amide bonds. The number of hydrogen-bond acceptors (Lipinski definition) is 4. The highest BCUT2D eigenvalue weighted by molar-refractivity contribution is 7.99. The third kappa shape index (κ3) is 2.99. The Morgan fingerprint density at radius 2 is 2.29 bits per heavy atom. The smallest absolute Gasteiger partial charge is 0.115 e. The number of aromatic nitrogens is 2. The van der Waals surface area contributed by atoms with Crippen molar-refractivity contribution in [3.63, 3.8) is 0 Å². The summed E-state index contributed by atoms with van der Waals surface area (Å²) in [5, 5.41) is 5.29. The third-order valence-electron chi connectivity index (χ3n) is 3.52. The van der Waals surface area contributed by atoms with Gasteiger partial charge in [-0.1, -0.05) is 32.5 Å². The Labute approximate surface area is 108 Å². The molecular formula is C13H21N3S. The zero-order valence-electron chi connectivity index (χ0n) is 10.8. The molecule has 2 rings (SSSR count). The number of thioether (sulfide) groups is 1.